The van der Waals surface area contributed by atoms with Crippen LogP contribution in [0.2, 0.25) is 0 Å². The zero-order valence-corrected chi connectivity index (χ0v) is 18.0. The number of Topliss-reactive ketones (excluding diaryl/α,β-unsaturated/α-hetero) is 1. The highest BCUT2D eigenvalue weighted by molar-refractivity contribution is 7.89. The molecular weight excluding hydrogens is 408 g/mol. The molecule has 8 nitrogen and oxygen atoms in total. The number of hydrogen-bond acceptors (Lipinski definition) is 6. The number of hydrogen-bond donors (Lipinski definition) is 2. The molecule has 0 spiro atoms. The fraction of sp³-hybridized carbons (Fsp3) is 0.286. The number of esters is 1. The van der Waals surface area contributed by atoms with Crippen molar-refractivity contribution < 1.29 is 27.5 Å². The van der Waals surface area contributed by atoms with Gasteiger partial charge in [-0.2, -0.15) is 4.72 Å². The van der Waals surface area contributed by atoms with Crippen molar-refractivity contribution in [3.63, 3.8) is 0 Å². The number of ketones is 1. The second-order valence-electron chi connectivity index (χ2n) is 6.83. The maximum atomic E-state index is 12.4. The number of anilines is 1. The highest BCUT2D eigenvalue weighted by Gasteiger charge is 2.22. The van der Waals surface area contributed by atoms with Gasteiger partial charge in [-0.15, -0.1) is 0 Å². The monoisotopic (exact) mass is 432 g/mol. The van der Waals surface area contributed by atoms with Crippen LogP contribution in [0.3, 0.4) is 0 Å². The lowest BCUT2D eigenvalue weighted by Crippen LogP contribution is -2.34. The normalized spacial score (nSPS) is 12.1. The largest absolute Gasteiger partial charge is 0.453 e. The summed E-state index contributed by atoms with van der Waals surface area (Å²) in [5.41, 5.74) is 2.58. The average Bonchev–Trinajstić information content (AvgIpc) is 2.68. The third kappa shape index (κ3) is 6.23. The minimum atomic E-state index is -3.89. The van der Waals surface area contributed by atoms with Gasteiger partial charge in [-0.25, -0.2) is 8.42 Å². The second-order valence-corrected chi connectivity index (χ2v) is 8.59. The maximum absolute atomic E-state index is 12.4. The van der Waals surface area contributed by atoms with Crippen LogP contribution in [-0.2, 0) is 24.3 Å². The van der Waals surface area contributed by atoms with Crippen molar-refractivity contribution in [3.8, 4) is 0 Å². The molecule has 0 saturated carbocycles. The van der Waals surface area contributed by atoms with Gasteiger partial charge < -0.3 is 10.1 Å². The molecule has 1 atom stereocenters. The molecule has 0 radical (unpaired) electrons. The number of carbonyl (C=O) groups excluding carboxylic acids is 3. The highest BCUT2D eigenvalue weighted by atomic mass is 32.2. The summed E-state index contributed by atoms with van der Waals surface area (Å²) in [4.78, 5) is 35.5. The first-order chi connectivity index (χ1) is 14.0. The molecule has 0 bridgehead atoms. The van der Waals surface area contributed by atoms with Gasteiger partial charge in [0.1, 0.15) is 6.54 Å². The van der Waals surface area contributed by atoms with Gasteiger partial charge in [-0.1, -0.05) is 6.07 Å². The minimum Gasteiger partial charge on any atom is -0.453 e. The fourth-order valence-corrected chi connectivity index (χ4v) is 3.62. The standard InChI is InChI=1S/C21H24N2O6S/c1-13-5-10-19(11-14(13)2)30(27,28)22-12-20(25)29-15(3)21(26)17-6-8-18(9-7-17)23-16(4)24/h5-11,15,22H,12H2,1-4H3,(H,23,24). The maximum Gasteiger partial charge on any atom is 0.321 e. The van der Waals surface area contributed by atoms with Gasteiger partial charge in [0.05, 0.1) is 4.90 Å². The predicted octanol–water partition coefficient (Wildman–Crippen LogP) is 2.35. The van der Waals surface area contributed by atoms with E-state index in [4.69, 9.17) is 4.74 Å². The Morgan fingerprint density at radius 3 is 2.20 bits per heavy atom. The van der Waals surface area contributed by atoms with Crippen LogP contribution in [0.4, 0.5) is 5.69 Å². The summed E-state index contributed by atoms with van der Waals surface area (Å²) in [6.07, 6.45) is -1.10. The summed E-state index contributed by atoms with van der Waals surface area (Å²) in [5.74, 6) is -1.56. The van der Waals surface area contributed by atoms with E-state index in [9.17, 15) is 22.8 Å². The van der Waals surface area contributed by atoms with Gasteiger partial charge in [0.15, 0.2) is 6.10 Å². The van der Waals surface area contributed by atoms with Crippen molar-refractivity contribution in [2.75, 3.05) is 11.9 Å². The number of rotatable bonds is 8. The van der Waals surface area contributed by atoms with Crippen LogP contribution >= 0.6 is 0 Å². The molecule has 0 aliphatic heterocycles. The Hall–Kier alpha value is -3.04. The number of aryl methyl sites for hydroxylation is 2. The van der Waals surface area contributed by atoms with Crippen LogP contribution in [0, 0.1) is 13.8 Å². The summed E-state index contributed by atoms with van der Waals surface area (Å²) in [6.45, 7) is 5.82. The third-order valence-electron chi connectivity index (χ3n) is 4.36. The van der Waals surface area contributed by atoms with Crippen molar-refractivity contribution in [1.82, 2.24) is 4.72 Å². The molecule has 2 rings (SSSR count). The molecule has 2 aromatic rings. The number of amides is 1. The number of sulfonamides is 1. The van der Waals surface area contributed by atoms with E-state index in [1.807, 2.05) is 6.92 Å². The Kier molecular flexibility index (Phi) is 7.47. The highest BCUT2D eigenvalue weighted by Crippen LogP contribution is 2.15. The molecule has 9 heteroatoms. The molecule has 0 heterocycles. The number of ether oxygens (including phenoxy) is 1. The predicted molar refractivity (Wildman–Crippen MR) is 112 cm³/mol. The molecule has 0 saturated heterocycles. The first kappa shape index (κ1) is 23.2. The van der Waals surface area contributed by atoms with Crippen LogP contribution in [0.5, 0.6) is 0 Å². The van der Waals surface area contributed by atoms with Crippen molar-refractivity contribution >= 4 is 33.4 Å². The third-order valence-corrected chi connectivity index (χ3v) is 5.76. The first-order valence-electron chi connectivity index (χ1n) is 9.18. The molecular formula is C21H24N2O6S. The summed E-state index contributed by atoms with van der Waals surface area (Å²) < 4.78 is 31.9. The van der Waals surface area contributed by atoms with E-state index in [0.717, 1.165) is 11.1 Å². The molecule has 1 unspecified atom stereocenters. The van der Waals surface area contributed by atoms with Crippen molar-refractivity contribution in [3.05, 3.63) is 59.2 Å². The average molecular weight is 432 g/mol. The molecule has 2 N–H and O–H groups in total. The Morgan fingerprint density at radius 1 is 1.00 bits per heavy atom. The van der Waals surface area contributed by atoms with Crippen molar-refractivity contribution in [2.24, 2.45) is 0 Å². The molecule has 1 amide bonds. The van der Waals surface area contributed by atoms with Gasteiger partial charge in [0.2, 0.25) is 21.7 Å². The van der Waals surface area contributed by atoms with Crippen molar-refractivity contribution in [2.45, 2.75) is 38.7 Å². The molecule has 2 aromatic carbocycles. The summed E-state index contributed by atoms with van der Waals surface area (Å²) in [5, 5.41) is 2.58. The number of nitrogens with one attached hydrogen (secondary N) is 2. The Labute approximate surface area is 175 Å². The fourth-order valence-electron chi connectivity index (χ4n) is 2.57. The Morgan fingerprint density at radius 2 is 1.63 bits per heavy atom. The van der Waals surface area contributed by atoms with Crippen LogP contribution < -0.4 is 10.0 Å². The number of carbonyl (C=O) groups is 3. The Bertz CT molecular complexity index is 1060. The summed E-state index contributed by atoms with van der Waals surface area (Å²) >= 11 is 0. The van der Waals surface area contributed by atoms with Crippen molar-refractivity contribution in [1.29, 1.82) is 0 Å². The van der Waals surface area contributed by atoms with Gasteiger partial charge in [-0.3, -0.25) is 14.4 Å². The lowest BCUT2D eigenvalue weighted by atomic mass is 10.1. The Balaban J connectivity index is 1.94. The zero-order valence-electron chi connectivity index (χ0n) is 17.2. The molecule has 30 heavy (non-hydrogen) atoms. The van der Waals surface area contributed by atoms with E-state index in [-0.39, 0.29) is 10.8 Å². The van der Waals surface area contributed by atoms with Gasteiger partial charge >= 0.3 is 5.97 Å². The van der Waals surface area contributed by atoms with Crippen LogP contribution in [0.15, 0.2) is 47.4 Å². The lowest BCUT2D eigenvalue weighted by molar-refractivity contribution is -0.144. The molecule has 0 aliphatic carbocycles. The van der Waals surface area contributed by atoms with E-state index in [1.165, 1.54) is 38.1 Å². The van der Waals surface area contributed by atoms with Gasteiger partial charge in [0, 0.05) is 18.2 Å². The minimum absolute atomic E-state index is 0.0433. The zero-order chi connectivity index (χ0) is 22.5. The number of benzene rings is 2. The molecule has 160 valence electrons. The van der Waals surface area contributed by atoms with Gasteiger partial charge in [0.25, 0.3) is 0 Å². The van der Waals surface area contributed by atoms with E-state index in [0.29, 0.717) is 11.3 Å². The van der Waals surface area contributed by atoms with Crippen LogP contribution in [-0.4, -0.2) is 38.7 Å². The topological polar surface area (TPSA) is 119 Å². The van der Waals surface area contributed by atoms with E-state index in [2.05, 4.69) is 10.0 Å². The van der Waals surface area contributed by atoms with Crippen LogP contribution in [0.25, 0.3) is 0 Å². The SMILES string of the molecule is CC(=O)Nc1ccc(C(=O)C(C)OC(=O)CNS(=O)(=O)c2ccc(C)c(C)c2)cc1. The van der Waals surface area contributed by atoms with Gasteiger partial charge in [-0.05, 0) is 68.3 Å². The molecule has 0 fully saturated rings. The summed E-state index contributed by atoms with van der Waals surface area (Å²) in [7, 11) is -3.89. The molecule has 0 aromatic heterocycles. The quantitative estimate of drug-likeness (QED) is 0.488. The second kappa shape index (κ2) is 9.64. The summed E-state index contributed by atoms with van der Waals surface area (Å²) in [6, 6.07) is 10.8. The van der Waals surface area contributed by atoms with E-state index >= 15 is 0 Å². The van der Waals surface area contributed by atoms with E-state index < -0.39 is 34.4 Å². The smallest absolute Gasteiger partial charge is 0.321 e. The lowest BCUT2D eigenvalue weighted by Gasteiger charge is -2.13. The van der Waals surface area contributed by atoms with E-state index in [1.54, 1.807) is 25.1 Å². The first-order valence-corrected chi connectivity index (χ1v) is 10.7. The van der Waals surface area contributed by atoms with Crippen LogP contribution in [0.1, 0.15) is 35.3 Å². The molecule has 0 aliphatic rings.